The van der Waals surface area contributed by atoms with Gasteiger partial charge in [0.1, 0.15) is 0 Å². The molecule has 0 saturated heterocycles. The van der Waals surface area contributed by atoms with E-state index in [9.17, 15) is 17.4 Å². The molecular weight excluding hydrogens is 292 g/mol. The van der Waals surface area contributed by atoms with Crippen molar-refractivity contribution in [3.8, 4) is 0 Å². The topological polar surface area (TPSA) is 113 Å². The zero-order chi connectivity index (χ0) is 14.6. The van der Waals surface area contributed by atoms with Crippen LogP contribution in [0, 0.1) is 0 Å². The first-order valence-electron chi connectivity index (χ1n) is 5.25. The largest absolute Gasteiger partial charge is 0.478 e. The van der Waals surface area contributed by atoms with Crippen molar-refractivity contribution < 1.29 is 22.5 Å². The van der Waals surface area contributed by atoms with Gasteiger partial charge in [0.05, 0.1) is 5.56 Å². The van der Waals surface area contributed by atoms with Gasteiger partial charge in [0, 0.05) is 35.0 Å². The van der Waals surface area contributed by atoms with E-state index in [1.54, 1.807) is 6.92 Å². The van der Waals surface area contributed by atoms with Crippen LogP contribution in [-0.2, 0) is 20.8 Å². The summed E-state index contributed by atoms with van der Waals surface area (Å²) in [4.78, 5) is 14.2. The SMILES string of the molecule is CC(CNS(=O)(=O)c1ccc(C(=O)O)cn1)S(C)=O. The molecule has 0 amide bonds. The van der Waals surface area contributed by atoms with Gasteiger partial charge in [-0.3, -0.25) is 4.21 Å². The second-order valence-corrected chi connectivity index (χ2v) is 7.37. The molecule has 1 heterocycles. The van der Waals surface area contributed by atoms with Crippen LogP contribution in [0.2, 0.25) is 0 Å². The summed E-state index contributed by atoms with van der Waals surface area (Å²) in [5.41, 5.74) is -0.0954. The van der Waals surface area contributed by atoms with Crippen molar-refractivity contribution >= 4 is 26.8 Å². The number of hydrogen-bond donors (Lipinski definition) is 2. The normalized spacial score (nSPS) is 14.8. The van der Waals surface area contributed by atoms with Crippen LogP contribution in [-0.4, -0.2) is 46.7 Å². The average Bonchev–Trinajstić information content (AvgIpc) is 2.36. The number of carboxylic acid groups (broad SMARTS) is 1. The van der Waals surface area contributed by atoms with Gasteiger partial charge < -0.3 is 5.11 Å². The third kappa shape index (κ3) is 4.37. The minimum absolute atomic E-state index is 0.0216. The fraction of sp³-hybridized carbons (Fsp3) is 0.400. The van der Waals surface area contributed by atoms with Crippen LogP contribution in [0.3, 0.4) is 0 Å². The molecule has 19 heavy (non-hydrogen) atoms. The summed E-state index contributed by atoms with van der Waals surface area (Å²) < 4.78 is 37.0. The Morgan fingerprint density at radius 1 is 1.53 bits per heavy atom. The third-order valence-electron chi connectivity index (χ3n) is 2.39. The molecule has 0 fully saturated rings. The van der Waals surface area contributed by atoms with Crippen molar-refractivity contribution in [3.63, 3.8) is 0 Å². The molecule has 0 aliphatic rings. The molecule has 0 aromatic carbocycles. The minimum atomic E-state index is -3.82. The number of carbonyl (C=O) groups is 1. The lowest BCUT2D eigenvalue weighted by molar-refractivity contribution is 0.0696. The Morgan fingerprint density at radius 3 is 2.58 bits per heavy atom. The highest BCUT2D eigenvalue weighted by Gasteiger charge is 2.18. The van der Waals surface area contributed by atoms with Crippen molar-refractivity contribution in [2.75, 3.05) is 12.8 Å². The van der Waals surface area contributed by atoms with E-state index in [0.29, 0.717) is 0 Å². The molecule has 1 rings (SSSR count). The van der Waals surface area contributed by atoms with Crippen LogP contribution < -0.4 is 4.72 Å². The van der Waals surface area contributed by atoms with Gasteiger partial charge in [-0.15, -0.1) is 0 Å². The lowest BCUT2D eigenvalue weighted by atomic mass is 10.3. The van der Waals surface area contributed by atoms with Crippen molar-refractivity contribution in [1.29, 1.82) is 0 Å². The summed E-state index contributed by atoms with van der Waals surface area (Å²) in [6, 6.07) is 2.27. The summed E-state index contributed by atoms with van der Waals surface area (Å²) in [5, 5.41) is 8.08. The lowest BCUT2D eigenvalue weighted by Gasteiger charge is -2.10. The highest BCUT2D eigenvalue weighted by Crippen LogP contribution is 2.07. The predicted molar refractivity (Wildman–Crippen MR) is 69.9 cm³/mol. The fourth-order valence-electron chi connectivity index (χ4n) is 1.08. The molecule has 0 radical (unpaired) electrons. The van der Waals surface area contributed by atoms with E-state index < -0.39 is 26.8 Å². The van der Waals surface area contributed by atoms with Gasteiger partial charge in [-0.1, -0.05) is 0 Å². The number of sulfonamides is 1. The van der Waals surface area contributed by atoms with Crippen molar-refractivity contribution in [2.24, 2.45) is 0 Å². The van der Waals surface area contributed by atoms with Crippen LogP contribution >= 0.6 is 0 Å². The maximum atomic E-state index is 11.8. The Kier molecular flexibility index (Phi) is 5.15. The molecule has 1 aromatic rings. The Hall–Kier alpha value is -1.32. The molecule has 106 valence electrons. The number of pyridine rings is 1. The van der Waals surface area contributed by atoms with E-state index in [2.05, 4.69) is 9.71 Å². The van der Waals surface area contributed by atoms with Gasteiger partial charge in [-0.05, 0) is 19.1 Å². The molecule has 0 aliphatic carbocycles. The molecule has 7 nitrogen and oxygen atoms in total. The van der Waals surface area contributed by atoms with E-state index in [1.165, 1.54) is 6.26 Å². The molecule has 2 unspecified atom stereocenters. The number of nitrogens with one attached hydrogen (secondary N) is 1. The summed E-state index contributed by atoms with van der Waals surface area (Å²) in [6.07, 6.45) is 2.46. The van der Waals surface area contributed by atoms with E-state index in [0.717, 1.165) is 18.3 Å². The van der Waals surface area contributed by atoms with Gasteiger partial charge in [0.15, 0.2) is 5.03 Å². The Bertz CT molecular complexity index is 582. The van der Waals surface area contributed by atoms with Gasteiger partial charge >= 0.3 is 5.97 Å². The second-order valence-electron chi connectivity index (χ2n) is 3.85. The first kappa shape index (κ1) is 15.7. The van der Waals surface area contributed by atoms with Crippen molar-refractivity contribution in [3.05, 3.63) is 23.9 Å². The lowest BCUT2D eigenvalue weighted by Crippen LogP contribution is -2.33. The molecule has 1 aromatic heterocycles. The quantitative estimate of drug-likeness (QED) is 0.754. The summed E-state index contributed by atoms with van der Waals surface area (Å²) >= 11 is 0. The highest BCUT2D eigenvalue weighted by molar-refractivity contribution is 7.89. The summed E-state index contributed by atoms with van der Waals surface area (Å²) in [5.74, 6) is -1.18. The zero-order valence-electron chi connectivity index (χ0n) is 10.4. The number of rotatable bonds is 6. The first-order valence-corrected chi connectivity index (χ1v) is 8.35. The van der Waals surface area contributed by atoms with E-state index >= 15 is 0 Å². The van der Waals surface area contributed by atoms with Gasteiger partial charge in [0.25, 0.3) is 10.0 Å². The van der Waals surface area contributed by atoms with E-state index in [4.69, 9.17) is 5.11 Å². The standard InChI is InChI=1S/C10H14N2O5S2/c1-7(18(2)15)5-12-19(16,17)9-4-3-8(6-11-9)10(13)14/h3-4,6-7,12H,5H2,1-2H3,(H,13,14). The predicted octanol–water partition coefficient (Wildman–Crippen LogP) is -0.175. The number of aromatic carboxylic acids is 1. The van der Waals surface area contributed by atoms with Gasteiger partial charge in [-0.25, -0.2) is 22.9 Å². The average molecular weight is 306 g/mol. The van der Waals surface area contributed by atoms with Crippen LogP contribution in [0.25, 0.3) is 0 Å². The van der Waals surface area contributed by atoms with Crippen molar-refractivity contribution in [2.45, 2.75) is 17.2 Å². The van der Waals surface area contributed by atoms with Gasteiger partial charge in [0.2, 0.25) is 0 Å². The molecule has 0 spiro atoms. The molecule has 0 saturated carbocycles. The zero-order valence-corrected chi connectivity index (χ0v) is 12.0. The minimum Gasteiger partial charge on any atom is -0.478 e. The number of aromatic nitrogens is 1. The second kappa shape index (κ2) is 6.22. The van der Waals surface area contributed by atoms with Crippen LogP contribution in [0.15, 0.2) is 23.4 Å². The fourth-order valence-corrected chi connectivity index (χ4v) is 2.56. The first-order chi connectivity index (χ1) is 8.74. The number of hydrogen-bond acceptors (Lipinski definition) is 5. The van der Waals surface area contributed by atoms with Crippen LogP contribution in [0.4, 0.5) is 0 Å². The maximum absolute atomic E-state index is 11.8. The number of nitrogens with zero attached hydrogens (tertiary/aromatic N) is 1. The molecule has 0 bridgehead atoms. The van der Waals surface area contributed by atoms with Crippen LogP contribution in [0.5, 0.6) is 0 Å². The molecule has 2 N–H and O–H groups in total. The molecular formula is C10H14N2O5S2. The Labute approximate surface area is 113 Å². The van der Waals surface area contributed by atoms with Gasteiger partial charge in [-0.2, -0.15) is 0 Å². The smallest absolute Gasteiger partial charge is 0.337 e. The Balaban J connectivity index is 2.83. The monoisotopic (exact) mass is 306 g/mol. The highest BCUT2D eigenvalue weighted by atomic mass is 32.2. The molecule has 0 aliphatic heterocycles. The molecule has 2 atom stereocenters. The third-order valence-corrected chi connectivity index (χ3v) is 5.02. The summed E-state index contributed by atoms with van der Waals surface area (Å²) in [6.45, 7) is 1.67. The Morgan fingerprint density at radius 2 is 2.16 bits per heavy atom. The molecule has 9 heteroatoms. The maximum Gasteiger partial charge on any atom is 0.337 e. The van der Waals surface area contributed by atoms with Crippen LogP contribution in [0.1, 0.15) is 17.3 Å². The van der Waals surface area contributed by atoms with Crippen molar-refractivity contribution in [1.82, 2.24) is 9.71 Å². The summed E-state index contributed by atoms with van der Waals surface area (Å²) in [7, 11) is -4.96. The number of carboxylic acids is 1. The van der Waals surface area contributed by atoms with E-state index in [-0.39, 0.29) is 22.4 Å². The van der Waals surface area contributed by atoms with E-state index in [1.807, 2.05) is 0 Å².